The number of carbonyl (C=O) groups excluding carboxylic acids is 1. The van der Waals surface area contributed by atoms with E-state index in [4.69, 9.17) is 10.2 Å². The lowest BCUT2D eigenvalue weighted by Gasteiger charge is -2.05. The molecule has 16 heavy (non-hydrogen) atoms. The lowest BCUT2D eigenvalue weighted by molar-refractivity contribution is 0.0697. The predicted molar refractivity (Wildman–Crippen MR) is 55.5 cm³/mol. The molecule has 1 rings (SSSR count). The molecule has 6 nitrogen and oxygen atoms in total. The Bertz CT molecular complexity index is 373. The first-order valence-corrected chi connectivity index (χ1v) is 4.51. The number of carboxylic acid groups (broad SMARTS) is 1. The maximum Gasteiger partial charge on any atom is 0.411 e. The Morgan fingerprint density at radius 1 is 1.25 bits per heavy atom. The van der Waals surface area contributed by atoms with E-state index < -0.39 is 12.1 Å². The fraction of sp³-hybridized carbons (Fsp3) is 0.200. The average Bonchev–Trinajstić information content (AvgIpc) is 2.27. The first kappa shape index (κ1) is 12.0. The average molecular weight is 225 g/mol. The van der Waals surface area contributed by atoms with Crippen molar-refractivity contribution < 1.29 is 24.5 Å². The quantitative estimate of drug-likeness (QED) is 0.708. The molecule has 0 unspecified atom stereocenters. The van der Waals surface area contributed by atoms with E-state index in [2.05, 4.69) is 10.1 Å². The summed E-state index contributed by atoms with van der Waals surface area (Å²) in [6, 6.07) is 5.63. The molecule has 3 N–H and O–H groups in total. The van der Waals surface area contributed by atoms with Crippen molar-refractivity contribution >= 4 is 17.7 Å². The third kappa shape index (κ3) is 3.58. The van der Waals surface area contributed by atoms with Gasteiger partial charge in [-0.15, -0.1) is 0 Å². The Morgan fingerprint density at radius 3 is 2.38 bits per heavy atom. The molecule has 0 radical (unpaired) electrons. The van der Waals surface area contributed by atoms with Crippen LogP contribution in [0.3, 0.4) is 0 Å². The van der Waals surface area contributed by atoms with Gasteiger partial charge >= 0.3 is 12.1 Å². The Morgan fingerprint density at radius 2 is 1.88 bits per heavy atom. The molecule has 0 heterocycles. The van der Waals surface area contributed by atoms with Crippen LogP contribution < -0.4 is 5.32 Å². The van der Waals surface area contributed by atoms with E-state index in [1.807, 2.05) is 0 Å². The van der Waals surface area contributed by atoms with Gasteiger partial charge in [0.25, 0.3) is 0 Å². The van der Waals surface area contributed by atoms with Crippen molar-refractivity contribution in [3.05, 3.63) is 29.8 Å². The van der Waals surface area contributed by atoms with E-state index in [1.54, 1.807) is 0 Å². The van der Waals surface area contributed by atoms with Gasteiger partial charge in [0, 0.05) is 5.69 Å². The summed E-state index contributed by atoms with van der Waals surface area (Å²) in [7, 11) is 0. The molecule has 0 saturated carbocycles. The largest absolute Gasteiger partial charge is 0.478 e. The molecule has 6 heteroatoms. The number of amides is 1. The Labute approximate surface area is 91.5 Å². The van der Waals surface area contributed by atoms with Crippen molar-refractivity contribution in [2.75, 3.05) is 18.5 Å². The lowest BCUT2D eigenvalue weighted by atomic mass is 10.2. The Kier molecular flexibility index (Phi) is 4.28. The van der Waals surface area contributed by atoms with Gasteiger partial charge in [0.15, 0.2) is 0 Å². The highest BCUT2D eigenvalue weighted by Gasteiger charge is 2.04. The van der Waals surface area contributed by atoms with Gasteiger partial charge in [0.1, 0.15) is 6.61 Å². The van der Waals surface area contributed by atoms with E-state index in [-0.39, 0.29) is 18.8 Å². The number of aliphatic hydroxyl groups excluding tert-OH is 1. The Hall–Kier alpha value is -2.08. The molecule has 0 spiro atoms. The summed E-state index contributed by atoms with van der Waals surface area (Å²) in [6.45, 7) is -0.329. The molecule has 0 saturated heterocycles. The van der Waals surface area contributed by atoms with Crippen LogP contribution in [0.1, 0.15) is 10.4 Å². The minimum absolute atomic E-state index is 0.0843. The highest BCUT2D eigenvalue weighted by atomic mass is 16.6. The summed E-state index contributed by atoms with van der Waals surface area (Å²) in [5.41, 5.74) is 0.558. The minimum Gasteiger partial charge on any atom is -0.478 e. The number of aliphatic hydroxyl groups is 1. The molecule has 0 aliphatic carbocycles. The number of carboxylic acids is 1. The molecular formula is C10H11NO5. The smallest absolute Gasteiger partial charge is 0.411 e. The molecule has 0 fully saturated rings. The van der Waals surface area contributed by atoms with Gasteiger partial charge in [-0.05, 0) is 24.3 Å². The zero-order valence-electron chi connectivity index (χ0n) is 8.34. The van der Waals surface area contributed by atoms with Gasteiger partial charge in [-0.25, -0.2) is 9.59 Å². The van der Waals surface area contributed by atoms with Gasteiger partial charge < -0.3 is 14.9 Å². The maximum absolute atomic E-state index is 11.0. The number of ether oxygens (including phenoxy) is 1. The number of anilines is 1. The molecule has 0 aliphatic heterocycles. The monoisotopic (exact) mass is 225 g/mol. The van der Waals surface area contributed by atoms with Crippen molar-refractivity contribution in [3.63, 3.8) is 0 Å². The van der Waals surface area contributed by atoms with Crippen molar-refractivity contribution in [3.8, 4) is 0 Å². The molecule has 1 aromatic carbocycles. The fourth-order valence-corrected chi connectivity index (χ4v) is 0.988. The van der Waals surface area contributed by atoms with Crippen molar-refractivity contribution in [2.24, 2.45) is 0 Å². The number of aromatic carboxylic acids is 1. The zero-order valence-corrected chi connectivity index (χ0v) is 8.34. The topological polar surface area (TPSA) is 95.9 Å². The van der Waals surface area contributed by atoms with E-state index >= 15 is 0 Å². The summed E-state index contributed by atoms with van der Waals surface area (Å²) in [6.07, 6.45) is -0.697. The third-order valence-corrected chi connectivity index (χ3v) is 1.70. The van der Waals surface area contributed by atoms with Crippen LogP contribution in [0.25, 0.3) is 0 Å². The second-order valence-electron chi connectivity index (χ2n) is 2.87. The van der Waals surface area contributed by atoms with Crippen LogP contribution in [-0.2, 0) is 4.74 Å². The van der Waals surface area contributed by atoms with E-state index in [1.165, 1.54) is 24.3 Å². The summed E-state index contributed by atoms with van der Waals surface area (Å²) in [5.74, 6) is -1.03. The number of nitrogens with one attached hydrogen (secondary N) is 1. The van der Waals surface area contributed by atoms with Crippen LogP contribution in [-0.4, -0.2) is 35.5 Å². The van der Waals surface area contributed by atoms with Crippen molar-refractivity contribution in [2.45, 2.75) is 0 Å². The van der Waals surface area contributed by atoms with Crippen LogP contribution in [0, 0.1) is 0 Å². The van der Waals surface area contributed by atoms with Crippen LogP contribution >= 0.6 is 0 Å². The number of benzene rings is 1. The molecular weight excluding hydrogens is 214 g/mol. The second kappa shape index (κ2) is 5.72. The molecule has 0 bridgehead atoms. The molecule has 0 aliphatic rings. The normalized spacial score (nSPS) is 9.56. The summed E-state index contributed by atoms with van der Waals surface area (Å²) >= 11 is 0. The van der Waals surface area contributed by atoms with Gasteiger partial charge in [-0.1, -0.05) is 0 Å². The zero-order chi connectivity index (χ0) is 12.0. The van der Waals surface area contributed by atoms with Crippen LogP contribution in [0.2, 0.25) is 0 Å². The lowest BCUT2D eigenvalue weighted by Crippen LogP contribution is -2.15. The number of carbonyl (C=O) groups is 2. The predicted octanol–water partition coefficient (Wildman–Crippen LogP) is 0.926. The second-order valence-corrected chi connectivity index (χ2v) is 2.87. The van der Waals surface area contributed by atoms with Crippen LogP contribution in [0.4, 0.5) is 10.5 Å². The molecule has 1 amide bonds. The third-order valence-electron chi connectivity index (χ3n) is 1.70. The summed E-state index contributed by atoms with van der Waals surface area (Å²) < 4.78 is 4.56. The fourth-order valence-electron chi connectivity index (χ4n) is 0.988. The molecule has 0 atom stereocenters. The number of hydrogen-bond donors (Lipinski definition) is 3. The highest BCUT2D eigenvalue weighted by Crippen LogP contribution is 2.09. The van der Waals surface area contributed by atoms with Crippen LogP contribution in [0.5, 0.6) is 0 Å². The van der Waals surface area contributed by atoms with E-state index in [0.717, 1.165) is 0 Å². The van der Waals surface area contributed by atoms with Gasteiger partial charge in [0.05, 0.1) is 12.2 Å². The summed E-state index contributed by atoms with van der Waals surface area (Å²) in [4.78, 5) is 21.6. The van der Waals surface area contributed by atoms with E-state index in [0.29, 0.717) is 5.69 Å². The number of rotatable bonds is 4. The molecule has 1 aromatic rings. The van der Waals surface area contributed by atoms with Gasteiger partial charge in [0.2, 0.25) is 0 Å². The SMILES string of the molecule is O=C(Nc1ccc(C(=O)O)cc1)OCCO. The first-order valence-electron chi connectivity index (χ1n) is 4.51. The standard InChI is InChI=1S/C10H11NO5/c12-5-6-16-10(15)11-8-3-1-7(2-4-8)9(13)14/h1-4,12H,5-6H2,(H,11,15)(H,13,14). The van der Waals surface area contributed by atoms with Crippen LogP contribution in [0.15, 0.2) is 24.3 Å². The van der Waals surface area contributed by atoms with E-state index in [9.17, 15) is 9.59 Å². The van der Waals surface area contributed by atoms with Crippen molar-refractivity contribution in [1.29, 1.82) is 0 Å². The molecule has 0 aromatic heterocycles. The van der Waals surface area contributed by atoms with Crippen molar-refractivity contribution in [1.82, 2.24) is 0 Å². The summed E-state index contributed by atoms with van der Waals surface area (Å²) in [5, 5.41) is 19.4. The number of hydrogen-bond acceptors (Lipinski definition) is 4. The maximum atomic E-state index is 11.0. The molecule has 86 valence electrons. The minimum atomic E-state index is -1.03. The van der Waals surface area contributed by atoms with Gasteiger partial charge in [-0.3, -0.25) is 5.32 Å². The first-order chi connectivity index (χ1) is 7.63. The van der Waals surface area contributed by atoms with Gasteiger partial charge in [-0.2, -0.15) is 0 Å². The highest BCUT2D eigenvalue weighted by molar-refractivity contribution is 5.89. The Balaban J connectivity index is 2.55.